The highest BCUT2D eigenvalue weighted by molar-refractivity contribution is 14.1. The van der Waals surface area contributed by atoms with Gasteiger partial charge in [0.1, 0.15) is 3.70 Å². The van der Waals surface area contributed by atoms with Crippen LogP contribution in [0.4, 0.5) is 13.2 Å². The summed E-state index contributed by atoms with van der Waals surface area (Å²) in [5.74, 6) is -0.392. The number of halogens is 5. The predicted octanol–water partition coefficient (Wildman–Crippen LogP) is 3.55. The maximum absolute atomic E-state index is 12.2. The average molecular weight is 421 g/mol. The molecule has 1 aromatic heterocycles. The van der Waals surface area contributed by atoms with E-state index in [2.05, 4.69) is 25.7 Å². The van der Waals surface area contributed by atoms with Crippen molar-refractivity contribution in [3.8, 4) is 11.8 Å². The van der Waals surface area contributed by atoms with Crippen LogP contribution in [0.1, 0.15) is 11.1 Å². The van der Waals surface area contributed by atoms with Gasteiger partial charge >= 0.3 is 6.36 Å². The van der Waals surface area contributed by atoms with Crippen LogP contribution in [0, 0.1) is 15.0 Å². The van der Waals surface area contributed by atoms with Gasteiger partial charge in [-0.25, -0.2) is 4.98 Å². The third kappa shape index (κ3) is 3.99. The minimum atomic E-state index is -4.79. The van der Waals surface area contributed by atoms with Crippen LogP contribution in [0.25, 0.3) is 0 Å². The number of ether oxygens (including phenoxy) is 1. The first-order valence-corrected chi connectivity index (χ1v) is 6.44. The number of hydrogen-bond acceptors (Lipinski definition) is 3. The van der Waals surface area contributed by atoms with Crippen LogP contribution in [0.15, 0.2) is 6.20 Å². The fraction of sp³-hybridized carbons (Fsp3) is 0.333. The van der Waals surface area contributed by atoms with E-state index in [0.29, 0.717) is 10.9 Å². The summed E-state index contributed by atoms with van der Waals surface area (Å²) in [6, 6.07) is 1.81. The van der Waals surface area contributed by atoms with E-state index in [1.165, 1.54) is 6.20 Å². The van der Waals surface area contributed by atoms with Gasteiger partial charge in [0.2, 0.25) is 0 Å². The van der Waals surface area contributed by atoms with Crippen LogP contribution in [0.2, 0.25) is 0 Å². The molecule has 0 N–H and O–H groups in total. The standard InChI is InChI=1S/C9H5BrF3IN2O/c10-3-5-4-16-8(14)7(6(5)1-2-15)17-9(11,12)13/h4H,1,3H2. The molecule has 0 aliphatic rings. The van der Waals surface area contributed by atoms with E-state index >= 15 is 0 Å². The third-order valence-corrected chi connectivity index (χ3v) is 3.17. The highest BCUT2D eigenvalue weighted by Gasteiger charge is 2.34. The lowest BCUT2D eigenvalue weighted by molar-refractivity contribution is -0.275. The zero-order valence-electron chi connectivity index (χ0n) is 8.18. The van der Waals surface area contributed by atoms with Crippen LogP contribution in [0.5, 0.6) is 5.75 Å². The van der Waals surface area contributed by atoms with E-state index in [9.17, 15) is 13.2 Å². The van der Waals surface area contributed by atoms with Gasteiger partial charge in [-0.05, 0) is 28.2 Å². The lowest BCUT2D eigenvalue weighted by Gasteiger charge is -2.15. The van der Waals surface area contributed by atoms with Gasteiger partial charge in [-0.3, -0.25) is 0 Å². The molecule has 0 aliphatic heterocycles. The molecule has 1 rings (SSSR count). The van der Waals surface area contributed by atoms with Crippen molar-refractivity contribution >= 4 is 38.5 Å². The van der Waals surface area contributed by atoms with Crippen molar-refractivity contribution < 1.29 is 17.9 Å². The molecule has 8 heteroatoms. The Bertz CT molecular complexity index is 459. The third-order valence-electron chi connectivity index (χ3n) is 1.80. The molecular formula is C9H5BrF3IN2O. The van der Waals surface area contributed by atoms with Gasteiger partial charge in [-0.1, -0.05) is 15.9 Å². The minimum absolute atomic E-state index is 0.0786. The summed E-state index contributed by atoms with van der Waals surface area (Å²) in [6.07, 6.45) is -3.53. The second-order valence-corrected chi connectivity index (χ2v) is 4.48. The fourth-order valence-electron chi connectivity index (χ4n) is 1.15. The topological polar surface area (TPSA) is 45.9 Å². The van der Waals surface area contributed by atoms with Gasteiger partial charge in [0.25, 0.3) is 0 Å². The van der Waals surface area contributed by atoms with Crippen molar-refractivity contribution in [1.82, 2.24) is 4.98 Å². The Balaban J connectivity index is 3.29. The normalized spacial score (nSPS) is 11.1. The number of rotatable bonds is 3. The number of nitriles is 1. The van der Waals surface area contributed by atoms with Crippen molar-refractivity contribution in [2.75, 3.05) is 0 Å². The zero-order valence-corrected chi connectivity index (χ0v) is 11.9. The summed E-state index contributed by atoms with van der Waals surface area (Å²) < 4.78 is 40.7. The van der Waals surface area contributed by atoms with E-state index in [0.717, 1.165) is 0 Å². The van der Waals surface area contributed by atoms with E-state index in [1.807, 2.05) is 6.07 Å². The van der Waals surface area contributed by atoms with Crippen LogP contribution in [-0.4, -0.2) is 11.3 Å². The van der Waals surface area contributed by atoms with Crippen molar-refractivity contribution in [1.29, 1.82) is 5.26 Å². The number of pyridine rings is 1. The van der Waals surface area contributed by atoms with Crippen LogP contribution < -0.4 is 4.74 Å². The molecule has 0 spiro atoms. The largest absolute Gasteiger partial charge is 0.573 e. The van der Waals surface area contributed by atoms with E-state index < -0.39 is 12.1 Å². The molecule has 0 saturated carbocycles. The van der Waals surface area contributed by atoms with Gasteiger partial charge in [0, 0.05) is 17.1 Å². The number of aromatic nitrogens is 1. The van der Waals surface area contributed by atoms with Crippen LogP contribution in [-0.2, 0) is 11.8 Å². The summed E-state index contributed by atoms with van der Waals surface area (Å²) in [6.45, 7) is 0. The maximum Gasteiger partial charge on any atom is 0.573 e. The molecule has 1 heterocycles. The molecule has 17 heavy (non-hydrogen) atoms. The molecule has 92 valence electrons. The van der Waals surface area contributed by atoms with Crippen LogP contribution in [0.3, 0.4) is 0 Å². The second kappa shape index (κ2) is 5.86. The summed E-state index contributed by atoms with van der Waals surface area (Å²) in [7, 11) is 0. The number of alkyl halides is 4. The zero-order chi connectivity index (χ0) is 13.1. The van der Waals surface area contributed by atoms with E-state index in [-0.39, 0.29) is 15.7 Å². The molecule has 3 nitrogen and oxygen atoms in total. The monoisotopic (exact) mass is 420 g/mol. The Morgan fingerprint density at radius 2 is 2.18 bits per heavy atom. The number of nitrogens with zero attached hydrogens (tertiary/aromatic N) is 2. The summed E-state index contributed by atoms with van der Waals surface area (Å²) in [4.78, 5) is 3.80. The van der Waals surface area contributed by atoms with Gasteiger partial charge in [0.05, 0.1) is 12.5 Å². The van der Waals surface area contributed by atoms with Gasteiger partial charge in [-0.2, -0.15) is 5.26 Å². The minimum Gasteiger partial charge on any atom is -0.403 e. The smallest absolute Gasteiger partial charge is 0.403 e. The van der Waals surface area contributed by atoms with Crippen molar-refractivity contribution in [2.45, 2.75) is 18.1 Å². The van der Waals surface area contributed by atoms with Gasteiger partial charge < -0.3 is 4.74 Å². The Morgan fingerprint density at radius 1 is 1.53 bits per heavy atom. The highest BCUT2D eigenvalue weighted by Crippen LogP contribution is 2.33. The molecule has 0 saturated heterocycles. The SMILES string of the molecule is N#CCc1c(CBr)cnc(I)c1OC(F)(F)F. The molecule has 0 unspecified atom stereocenters. The first-order chi connectivity index (χ1) is 7.89. The first-order valence-electron chi connectivity index (χ1n) is 4.24. The highest BCUT2D eigenvalue weighted by atomic mass is 127. The molecule has 0 radical (unpaired) electrons. The predicted molar refractivity (Wildman–Crippen MR) is 65.6 cm³/mol. The van der Waals surface area contributed by atoms with E-state index in [4.69, 9.17) is 5.26 Å². The van der Waals surface area contributed by atoms with Crippen molar-refractivity contribution in [3.63, 3.8) is 0 Å². The summed E-state index contributed by atoms with van der Waals surface area (Å²) >= 11 is 4.77. The first kappa shape index (κ1) is 14.5. The maximum atomic E-state index is 12.2. The van der Waals surface area contributed by atoms with Crippen molar-refractivity contribution in [2.24, 2.45) is 0 Å². The molecule has 0 atom stereocenters. The Hall–Kier alpha value is -0.560. The summed E-state index contributed by atoms with van der Waals surface area (Å²) in [5.41, 5.74) is 0.715. The fourth-order valence-corrected chi connectivity index (χ4v) is 2.21. The molecule has 0 amide bonds. The molecule has 0 aromatic carbocycles. The quantitative estimate of drug-likeness (QED) is 0.427. The Morgan fingerprint density at radius 3 is 2.65 bits per heavy atom. The van der Waals surface area contributed by atoms with Gasteiger partial charge in [-0.15, -0.1) is 13.2 Å². The van der Waals surface area contributed by atoms with Crippen LogP contribution >= 0.6 is 38.5 Å². The lowest BCUT2D eigenvalue weighted by atomic mass is 10.1. The molecule has 0 aliphatic carbocycles. The average Bonchev–Trinajstić information content (AvgIpc) is 2.22. The Kier molecular flexibility index (Phi) is 5.00. The second-order valence-electron chi connectivity index (χ2n) is 2.90. The molecule has 1 aromatic rings. The van der Waals surface area contributed by atoms with Crippen molar-refractivity contribution in [3.05, 3.63) is 21.0 Å². The van der Waals surface area contributed by atoms with Gasteiger partial charge in [0.15, 0.2) is 5.75 Å². The molecule has 0 bridgehead atoms. The number of hydrogen-bond donors (Lipinski definition) is 0. The summed E-state index contributed by atoms with van der Waals surface area (Å²) in [5, 5.41) is 8.94. The lowest BCUT2D eigenvalue weighted by Crippen LogP contribution is -2.19. The Labute approximate surface area is 117 Å². The van der Waals surface area contributed by atoms with E-state index in [1.54, 1.807) is 22.6 Å². The molecule has 0 fully saturated rings. The molecular weight excluding hydrogens is 416 g/mol.